The number of aliphatic hydroxyl groups excluding tert-OH is 1. The first kappa shape index (κ1) is 21.8. The summed E-state index contributed by atoms with van der Waals surface area (Å²) in [6, 6.07) is 11.9. The summed E-state index contributed by atoms with van der Waals surface area (Å²) < 4.78 is 5.42. The molecule has 1 N–H and O–H groups in total. The lowest BCUT2D eigenvalue weighted by atomic mass is 9.95. The fourth-order valence-corrected chi connectivity index (χ4v) is 3.79. The Balaban J connectivity index is 1.90. The van der Waals surface area contributed by atoms with Crippen LogP contribution in [0.4, 0.5) is 5.95 Å². The number of Topliss-reactive ketones (excluding diaryl/α,β-unsaturated/α-hetero) is 1. The number of ether oxygens (including phenoxy) is 1. The molecule has 0 bridgehead atoms. The number of anilines is 1. The summed E-state index contributed by atoms with van der Waals surface area (Å²) in [5.41, 5.74) is 0.717. The van der Waals surface area contributed by atoms with Crippen LogP contribution >= 0.6 is 23.2 Å². The molecule has 1 aliphatic rings. The van der Waals surface area contributed by atoms with Gasteiger partial charge in [0.05, 0.1) is 28.3 Å². The molecule has 1 fully saturated rings. The molecule has 1 atom stereocenters. The Morgan fingerprint density at radius 1 is 1.06 bits per heavy atom. The van der Waals surface area contributed by atoms with Crippen molar-refractivity contribution >= 4 is 46.6 Å². The lowest BCUT2D eigenvalue weighted by Gasteiger charge is -2.23. The van der Waals surface area contributed by atoms with Crippen LogP contribution in [0.5, 0.6) is 5.75 Å². The molecule has 0 aliphatic carbocycles. The van der Waals surface area contributed by atoms with E-state index in [4.69, 9.17) is 27.9 Å². The van der Waals surface area contributed by atoms with Gasteiger partial charge >= 0.3 is 5.91 Å². The maximum Gasteiger partial charge on any atom is 0.302 e. The van der Waals surface area contributed by atoms with Crippen molar-refractivity contribution in [2.24, 2.45) is 0 Å². The molecule has 2 aromatic carbocycles. The number of carbonyl (C=O) groups is 2. The van der Waals surface area contributed by atoms with Crippen LogP contribution in [-0.2, 0) is 9.59 Å². The zero-order chi connectivity index (χ0) is 22.8. The second-order valence-electron chi connectivity index (χ2n) is 6.85. The Labute approximate surface area is 193 Å². The molecule has 9 heteroatoms. The van der Waals surface area contributed by atoms with E-state index in [1.807, 2.05) is 6.92 Å². The predicted octanol–water partition coefficient (Wildman–Crippen LogP) is 4.81. The number of halogens is 2. The number of hydrogen-bond acceptors (Lipinski definition) is 6. The van der Waals surface area contributed by atoms with E-state index < -0.39 is 17.7 Å². The van der Waals surface area contributed by atoms with Crippen LogP contribution in [0.1, 0.15) is 24.1 Å². The van der Waals surface area contributed by atoms with E-state index in [1.54, 1.807) is 48.5 Å². The van der Waals surface area contributed by atoms with Gasteiger partial charge < -0.3 is 9.84 Å². The first-order valence-corrected chi connectivity index (χ1v) is 10.4. The molecule has 4 rings (SSSR count). The predicted molar refractivity (Wildman–Crippen MR) is 121 cm³/mol. The zero-order valence-corrected chi connectivity index (χ0v) is 18.3. The van der Waals surface area contributed by atoms with E-state index in [2.05, 4.69) is 9.97 Å². The van der Waals surface area contributed by atoms with Crippen molar-refractivity contribution in [3.05, 3.63) is 87.7 Å². The number of ketones is 1. The van der Waals surface area contributed by atoms with Crippen LogP contribution in [0.2, 0.25) is 10.0 Å². The molecule has 1 amide bonds. The second kappa shape index (κ2) is 8.98. The highest BCUT2D eigenvalue weighted by atomic mass is 35.5. The van der Waals surface area contributed by atoms with Crippen molar-refractivity contribution in [1.29, 1.82) is 0 Å². The molecular weight excluding hydrogens is 453 g/mol. The van der Waals surface area contributed by atoms with E-state index in [-0.39, 0.29) is 22.3 Å². The average Bonchev–Trinajstić information content (AvgIpc) is 3.07. The normalized spacial score (nSPS) is 17.6. The van der Waals surface area contributed by atoms with Gasteiger partial charge in [0.1, 0.15) is 11.5 Å². The van der Waals surface area contributed by atoms with Gasteiger partial charge in [-0.05, 0) is 55.0 Å². The van der Waals surface area contributed by atoms with Crippen molar-refractivity contribution in [3.8, 4) is 5.75 Å². The van der Waals surface area contributed by atoms with E-state index in [1.165, 1.54) is 12.4 Å². The molecule has 32 heavy (non-hydrogen) atoms. The first-order valence-electron chi connectivity index (χ1n) is 9.68. The summed E-state index contributed by atoms with van der Waals surface area (Å²) in [5.74, 6) is -1.42. The highest BCUT2D eigenvalue weighted by molar-refractivity contribution is 6.51. The van der Waals surface area contributed by atoms with Gasteiger partial charge in [-0.2, -0.15) is 0 Å². The van der Waals surface area contributed by atoms with Crippen LogP contribution in [0, 0.1) is 0 Å². The number of amides is 1. The van der Waals surface area contributed by atoms with Gasteiger partial charge in [0, 0.05) is 18.0 Å². The molecular formula is C23H17Cl2N3O4. The van der Waals surface area contributed by atoms with Gasteiger partial charge in [-0.25, -0.2) is 9.97 Å². The summed E-state index contributed by atoms with van der Waals surface area (Å²) in [5, 5.41) is 11.6. The van der Waals surface area contributed by atoms with E-state index in [9.17, 15) is 14.7 Å². The summed E-state index contributed by atoms with van der Waals surface area (Å²) in [6.45, 7) is 2.35. The minimum Gasteiger partial charge on any atom is -0.507 e. The molecule has 0 radical (unpaired) electrons. The van der Waals surface area contributed by atoms with Gasteiger partial charge in [0.25, 0.3) is 5.78 Å². The third-order valence-corrected chi connectivity index (χ3v) is 5.65. The van der Waals surface area contributed by atoms with E-state index in [0.717, 1.165) is 4.90 Å². The molecule has 0 spiro atoms. The minimum absolute atomic E-state index is 0.0245. The smallest absolute Gasteiger partial charge is 0.302 e. The number of benzene rings is 2. The fourth-order valence-electron chi connectivity index (χ4n) is 3.48. The van der Waals surface area contributed by atoms with Crippen LogP contribution in [0.15, 0.2) is 66.5 Å². The Morgan fingerprint density at radius 2 is 1.75 bits per heavy atom. The number of nitrogens with zero attached hydrogens (tertiary/aromatic N) is 3. The van der Waals surface area contributed by atoms with Crippen LogP contribution < -0.4 is 9.64 Å². The standard InChI is InChI=1S/C23H17Cl2N3O4/c1-2-32-15-7-4-13(5-8-15)20(29)18-19(14-6-9-16(24)17(25)12-14)28(22(31)21(18)30)23-26-10-3-11-27-23/h3-12,19,29H,2H2,1H3/b20-18+/t19-/m1/s1. The highest BCUT2D eigenvalue weighted by Crippen LogP contribution is 2.42. The molecule has 2 heterocycles. The first-order chi connectivity index (χ1) is 15.4. The van der Waals surface area contributed by atoms with Crippen LogP contribution in [0.3, 0.4) is 0 Å². The number of aromatic nitrogens is 2. The van der Waals surface area contributed by atoms with Gasteiger partial charge in [-0.1, -0.05) is 29.3 Å². The molecule has 7 nitrogen and oxygen atoms in total. The molecule has 1 aromatic heterocycles. The fraction of sp³-hybridized carbons (Fsp3) is 0.130. The molecule has 162 valence electrons. The van der Waals surface area contributed by atoms with Crippen LogP contribution in [-0.4, -0.2) is 33.4 Å². The van der Waals surface area contributed by atoms with Gasteiger partial charge in [0.15, 0.2) is 0 Å². The highest BCUT2D eigenvalue weighted by Gasteiger charge is 2.48. The van der Waals surface area contributed by atoms with Crippen molar-refractivity contribution in [2.75, 3.05) is 11.5 Å². The molecule has 0 saturated carbocycles. The van der Waals surface area contributed by atoms with E-state index >= 15 is 0 Å². The van der Waals surface area contributed by atoms with Crippen LogP contribution in [0.25, 0.3) is 5.76 Å². The Kier molecular flexibility index (Phi) is 6.12. The number of rotatable bonds is 5. The Bertz CT molecular complexity index is 1210. The lowest BCUT2D eigenvalue weighted by molar-refractivity contribution is -0.132. The lowest BCUT2D eigenvalue weighted by Crippen LogP contribution is -2.31. The Hall–Kier alpha value is -3.42. The Morgan fingerprint density at radius 3 is 2.38 bits per heavy atom. The summed E-state index contributed by atoms with van der Waals surface area (Å²) >= 11 is 12.3. The maximum atomic E-state index is 13.1. The van der Waals surface area contributed by atoms with Crippen molar-refractivity contribution in [2.45, 2.75) is 13.0 Å². The van der Waals surface area contributed by atoms with E-state index in [0.29, 0.717) is 28.5 Å². The number of carbonyl (C=O) groups excluding carboxylic acids is 2. The second-order valence-corrected chi connectivity index (χ2v) is 7.66. The van der Waals surface area contributed by atoms with Gasteiger partial charge in [0.2, 0.25) is 5.95 Å². The SMILES string of the molecule is CCOc1ccc(/C(O)=C2\C(=O)C(=O)N(c3ncccn3)[C@@H]2c2ccc(Cl)c(Cl)c2)cc1. The third kappa shape index (κ3) is 3.92. The molecule has 1 saturated heterocycles. The average molecular weight is 470 g/mol. The molecule has 3 aromatic rings. The topological polar surface area (TPSA) is 92.6 Å². The maximum absolute atomic E-state index is 13.1. The largest absolute Gasteiger partial charge is 0.507 e. The summed E-state index contributed by atoms with van der Waals surface area (Å²) in [6.07, 6.45) is 2.92. The minimum atomic E-state index is -1.00. The number of aliphatic hydroxyl groups is 1. The number of hydrogen-bond donors (Lipinski definition) is 1. The van der Waals surface area contributed by atoms with Crippen molar-refractivity contribution in [1.82, 2.24) is 9.97 Å². The monoisotopic (exact) mass is 469 g/mol. The summed E-state index contributed by atoms with van der Waals surface area (Å²) in [4.78, 5) is 35.4. The molecule has 1 aliphatic heterocycles. The molecule has 0 unspecified atom stereocenters. The van der Waals surface area contributed by atoms with Crippen molar-refractivity contribution in [3.63, 3.8) is 0 Å². The van der Waals surface area contributed by atoms with Gasteiger partial charge in [-0.15, -0.1) is 0 Å². The quantitative estimate of drug-likeness (QED) is 0.327. The zero-order valence-electron chi connectivity index (χ0n) is 16.8. The van der Waals surface area contributed by atoms with Crippen molar-refractivity contribution < 1.29 is 19.4 Å². The summed E-state index contributed by atoms with van der Waals surface area (Å²) in [7, 11) is 0. The van der Waals surface area contributed by atoms with Gasteiger partial charge in [-0.3, -0.25) is 14.5 Å². The third-order valence-electron chi connectivity index (χ3n) is 4.91.